The minimum atomic E-state index is -3.81. The minimum absolute atomic E-state index is 0.0721. The summed E-state index contributed by atoms with van der Waals surface area (Å²) in [7, 11) is -3.81. The van der Waals surface area contributed by atoms with Crippen molar-refractivity contribution in [1.82, 2.24) is 0 Å². The zero-order chi connectivity index (χ0) is 26.5. The van der Waals surface area contributed by atoms with E-state index in [1.807, 2.05) is 78.9 Å². The lowest BCUT2D eigenvalue weighted by Crippen LogP contribution is -2.35. The average Bonchev–Trinajstić information content (AvgIpc) is 2.93. The van der Waals surface area contributed by atoms with Crippen molar-refractivity contribution in [3.05, 3.63) is 108 Å². The first-order valence-corrected chi connectivity index (χ1v) is 14.7. The second-order valence-corrected chi connectivity index (χ2v) is 12.0. The second-order valence-electron chi connectivity index (χ2n) is 8.65. The van der Waals surface area contributed by atoms with Crippen LogP contribution in [0.4, 0.5) is 11.4 Å². The number of rotatable bonds is 8. The number of halogens is 1. The molecule has 194 valence electrons. The van der Waals surface area contributed by atoms with Crippen LogP contribution in [0.2, 0.25) is 5.02 Å². The van der Waals surface area contributed by atoms with Gasteiger partial charge in [-0.05, 0) is 66.9 Å². The summed E-state index contributed by atoms with van der Waals surface area (Å²) < 4.78 is 33.9. The first-order valence-electron chi connectivity index (χ1n) is 12.1. The van der Waals surface area contributed by atoms with E-state index in [4.69, 9.17) is 16.3 Å². The third-order valence-corrected chi connectivity index (χ3v) is 9.24. The van der Waals surface area contributed by atoms with Crippen LogP contribution in [-0.2, 0) is 21.2 Å². The van der Waals surface area contributed by atoms with Gasteiger partial charge in [0.15, 0.2) is 6.61 Å². The van der Waals surface area contributed by atoms with Crippen molar-refractivity contribution in [2.75, 3.05) is 22.8 Å². The molecular formula is C29H25ClN2O4S2. The molecule has 0 unspecified atom stereocenters. The Hall–Kier alpha value is -3.46. The SMILES string of the molecule is O=C(COc1ccc(S(=O)(=O)N2CCCc3ccccc32)cc1Cl)Nc1ccccc1Sc1ccccc1. The van der Waals surface area contributed by atoms with Crippen molar-refractivity contribution in [2.24, 2.45) is 0 Å². The number of fused-ring (bicyclic) bond motifs is 1. The van der Waals surface area contributed by atoms with E-state index in [0.29, 0.717) is 17.9 Å². The van der Waals surface area contributed by atoms with Gasteiger partial charge in [0, 0.05) is 16.3 Å². The van der Waals surface area contributed by atoms with Crippen molar-refractivity contribution >= 4 is 50.7 Å². The summed E-state index contributed by atoms with van der Waals surface area (Å²) in [5.74, 6) is -0.129. The summed E-state index contributed by atoms with van der Waals surface area (Å²) in [4.78, 5) is 14.7. The molecule has 1 heterocycles. The van der Waals surface area contributed by atoms with Gasteiger partial charge in [0.05, 0.1) is 21.3 Å². The van der Waals surface area contributed by atoms with E-state index < -0.39 is 10.0 Å². The molecule has 1 N–H and O–H groups in total. The summed E-state index contributed by atoms with van der Waals surface area (Å²) >= 11 is 7.94. The van der Waals surface area contributed by atoms with Gasteiger partial charge in [0.2, 0.25) is 0 Å². The van der Waals surface area contributed by atoms with Crippen LogP contribution in [0.1, 0.15) is 12.0 Å². The number of nitrogens with zero attached hydrogens (tertiary/aromatic N) is 1. The molecule has 0 saturated carbocycles. The lowest BCUT2D eigenvalue weighted by atomic mass is 10.0. The lowest BCUT2D eigenvalue weighted by Gasteiger charge is -2.30. The molecule has 1 amide bonds. The van der Waals surface area contributed by atoms with Gasteiger partial charge < -0.3 is 10.1 Å². The van der Waals surface area contributed by atoms with Gasteiger partial charge in [-0.15, -0.1) is 0 Å². The van der Waals surface area contributed by atoms with Gasteiger partial charge in [0.25, 0.3) is 15.9 Å². The molecule has 0 radical (unpaired) electrons. The summed E-state index contributed by atoms with van der Waals surface area (Å²) in [5, 5.41) is 2.99. The van der Waals surface area contributed by atoms with Crippen LogP contribution in [0.5, 0.6) is 5.75 Å². The van der Waals surface area contributed by atoms with E-state index in [1.54, 1.807) is 11.8 Å². The van der Waals surface area contributed by atoms with E-state index in [2.05, 4.69) is 5.32 Å². The maximum atomic E-state index is 13.4. The third-order valence-electron chi connectivity index (χ3n) is 6.05. The summed E-state index contributed by atoms with van der Waals surface area (Å²) in [6.07, 6.45) is 1.58. The van der Waals surface area contributed by atoms with Gasteiger partial charge in [-0.1, -0.05) is 71.9 Å². The Morgan fingerprint density at radius 1 is 0.947 bits per heavy atom. The Morgan fingerprint density at radius 2 is 1.68 bits per heavy atom. The molecule has 6 nitrogen and oxygen atoms in total. The maximum absolute atomic E-state index is 13.4. The fraction of sp³-hybridized carbons (Fsp3) is 0.138. The zero-order valence-corrected chi connectivity index (χ0v) is 22.7. The number of anilines is 2. The Balaban J connectivity index is 1.25. The van der Waals surface area contributed by atoms with Crippen molar-refractivity contribution in [3.8, 4) is 5.75 Å². The number of nitrogens with one attached hydrogen (secondary N) is 1. The topological polar surface area (TPSA) is 75.7 Å². The number of aryl methyl sites for hydroxylation is 1. The van der Waals surface area contributed by atoms with Gasteiger partial charge in [0.1, 0.15) is 5.75 Å². The van der Waals surface area contributed by atoms with Crippen LogP contribution < -0.4 is 14.4 Å². The van der Waals surface area contributed by atoms with Crippen LogP contribution in [0, 0.1) is 0 Å². The molecule has 0 saturated heterocycles. The van der Waals surface area contributed by atoms with E-state index in [1.165, 1.54) is 22.5 Å². The molecule has 5 rings (SSSR count). The lowest BCUT2D eigenvalue weighted by molar-refractivity contribution is -0.118. The Kier molecular flexibility index (Phi) is 7.93. The normalized spacial score (nSPS) is 13.0. The Morgan fingerprint density at radius 3 is 2.50 bits per heavy atom. The van der Waals surface area contributed by atoms with Crippen molar-refractivity contribution in [2.45, 2.75) is 27.5 Å². The van der Waals surface area contributed by atoms with Gasteiger partial charge >= 0.3 is 0 Å². The van der Waals surface area contributed by atoms with Crippen LogP contribution in [0.3, 0.4) is 0 Å². The highest BCUT2D eigenvalue weighted by Gasteiger charge is 2.29. The number of carbonyl (C=O) groups excluding carboxylic acids is 1. The highest BCUT2D eigenvalue weighted by Crippen LogP contribution is 2.35. The molecule has 0 aromatic heterocycles. The van der Waals surface area contributed by atoms with Crippen LogP contribution in [0.25, 0.3) is 0 Å². The number of sulfonamides is 1. The number of ether oxygens (including phenoxy) is 1. The highest BCUT2D eigenvalue weighted by atomic mass is 35.5. The Bertz CT molecular complexity index is 1560. The Labute approximate surface area is 231 Å². The van der Waals surface area contributed by atoms with Gasteiger partial charge in [-0.3, -0.25) is 9.10 Å². The molecule has 1 aliphatic rings. The highest BCUT2D eigenvalue weighted by molar-refractivity contribution is 7.99. The maximum Gasteiger partial charge on any atom is 0.264 e. The smallest absolute Gasteiger partial charge is 0.264 e. The van der Waals surface area contributed by atoms with Crippen LogP contribution in [-0.4, -0.2) is 27.5 Å². The van der Waals surface area contributed by atoms with Crippen molar-refractivity contribution < 1.29 is 17.9 Å². The number of hydrogen-bond donors (Lipinski definition) is 1. The second kappa shape index (κ2) is 11.5. The zero-order valence-electron chi connectivity index (χ0n) is 20.3. The standard InChI is InChI=1S/C29H25ClN2O4S2/c30-24-19-23(38(34,35)32-18-8-10-21-9-4-6-14-26(21)32)16-17-27(24)36-20-29(33)31-25-13-5-7-15-28(25)37-22-11-2-1-3-12-22/h1-7,9,11-17,19H,8,10,18,20H2,(H,31,33). The predicted molar refractivity (Wildman–Crippen MR) is 152 cm³/mol. The first-order chi connectivity index (χ1) is 18.4. The number of benzene rings is 4. The number of hydrogen-bond acceptors (Lipinski definition) is 5. The quantitative estimate of drug-likeness (QED) is 0.259. The number of para-hydroxylation sites is 2. The molecule has 4 aromatic carbocycles. The average molecular weight is 565 g/mol. The van der Waals surface area contributed by atoms with Gasteiger partial charge in [-0.25, -0.2) is 8.42 Å². The van der Waals surface area contributed by atoms with Crippen LogP contribution >= 0.6 is 23.4 Å². The molecule has 0 bridgehead atoms. The molecule has 0 fully saturated rings. The summed E-state index contributed by atoms with van der Waals surface area (Å²) in [6, 6.07) is 29.2. The minimum Gasteiger partial charge on any atom is -0.482 e. The molecule has 0 atom stereocenters. The van der Waals surface area contributed by atoms with Crippen molar-refractivity contribution in [3.63, 3.8) is 0 Å². The largest absolute Gasteiger partial charge is 0.482 e. The predicted octanol–water partition coefficient (Wildman–Crippen LogP) is 6.65. The molecular weight excluding hydrogens is 540 g/mol. The molecule has 38 heavy (non-hydrogen) atoms. The molecule has 0 aliphatic carbocycles. The third kappa shape index (κ3) is 5.83. The van der Waals surface area contributed by atoms with E-state index in [-0.39, 0.29) is 28.2 Å². The van der Waals surface area contributed by atoms with E-state index in [0.717, 1.165) is 28.2 Å². The van der Waals surface area contributed by atoms with Gasteiger partial charge in [-0.2, -0.15) is 0 Å². The fourth-order valence-electron chi connectivity index (χ4n) is 4.24. The summed E-state index contributed by atoms with van der Waals surface area (Å²) in [6.45, 7) is 0.120. The molecule has 1 aliphatic heterocycles. The van der Waals surface area contributed by atoms with E-state index in [9.17, 15) is 13.2 Å². The van der Waals surface area contributed by atoms with Crippen LogP contribution in [0.15, 0.2) is 112 Å². The molecule has 0 spiro atoms. The van der Waals surface area contributed by atoms with E-state index >= 15 is 0 Å². The molecule has 9 heteroatoms. The number of amides is 1. The first kappa shape index (κ1) is 26.2. The monoisotopic (exact) mass is 564 g/mol. The number of carbonyl (C=O) groups is 1. The molecule has 4 aromatic rings. The van der Waals surface area contributed by atoms with Crippen molar-refractivity contribution in [1.29, 1.82) is 0 Å². The summed E-state index contributed by atoms with van der Waals surface area (Å²) in [5.41, 5.74) is 2.37. The fourth-order valence-corrected chi connectivity index (χ4v) is 7.03.